The molecule has 2 saturated heterocycles. The van der Waals surface area contributed by atoms with E-state index in [2.05, 4.69) is 15.5 Å². The third-order valence-electron chi connectivity index (χ3n) is 6.12. The highest BCUT2D eigenvalue weighted by atomic mass is 35.5. The van der Waals surface area contributed by atoms with Crippen LogP contribution < -0.4 is 10.1 Å². The summed E-state index contributed by atoms with van der Waals surface area (Å²) in [5.41, 5.74) is 0.751. The molecule has 0 unspecified atom stereocenters. The maximum Gasteiger partial charge on any atom is 0.410 e. The first-order chi connectivity index (χ1) is 17.4. The van der Waals surface area contributed by atoms with Gasteiger partial charge in [-0.2, -0.15) is 4.98 Å². The lowest BCUT2D eigenvalue weighted by Crippen LogP contribution is -2.44. The number of fused-ring (bicyclic) bond motifs is 1. The minimum absolute atomic E-state index is 0.0119. The van der Waals surface area contributed by atoms with Gasteiger partial charge in [0.1, 0.15) is 30.9 Å². The summed E-state index contributed by atoms with van der Waals surface area (Å²) in [5, 5.41) is 16.3. The number of nitrogens with one attached hydrogen (secondary N) is 1. The molecule has 2 amide bonds. The average molecular weight is 517 g/mol. The summed E-state index contributed by atoms with van der Waals surface area (Å²) in [7, 11) is 0. The van der Waals surface area contributed by atoms with Gasteiger partial charge in [-0.1, -0.05) is 28.9 Å². The molecule has 0 spiro atoms. The zero-order valence-corrected chi connectivity index (χ0v) is 19.7. The molecule has 0 bridgehead atoms. The number of aromatic nitrogens is 2. The fourth-order valence-corrected chi connectivity index (χ4v) is 4.38. The molecular weight excluding hydrogens is 495 g/mol. The molecule has 36 heavy (non-hydrogen) atoms. The van der Waals surface area contributed by atoms with Crippen LogP contribution in [-0.4, -0.2) is 57.4 Å². The first kappa shape index (κ1) is 24.0. The minimum atomic E-state index is -0.800. The smallest absolute Gasteiger partial charge is 0.410 e. The van der Waals surface area contributed by atoms with E-state index in [0.717, 1.165) is 11.6 Å². The van der Waals surface area contributed by atoms with E-state index in [1.807, 2.05) is 0 Å². The van der Waals surface area contributed by atoms with Crippen molar-refractivity contribution in [1.29, 1.82) is 0 Å². The molecule has 188 valence electrons. The highest BCUT2D eigenvalue weighted by Crippen LogP contribution is 2.34. The summed E-state index contributed by atoms with van der Waals surface area (Å²) in [4.78, 5) is 30.4. The van der Waals surface area contributed by atoms with Crippen molar-refractivity contribution in [1.82, 2.24) is 20.4 Å². The number of hydrogen-bond donors (Lipinski definition) is 2. The maximum absolute atomic E-state index is 15.1. The third kappa shape index (κ3) is 4.98. The van der Waals surface area contributed by atoms with Crippen LogP contribution in [0.15, 0.2) is 40.9 Å². The largest absolute Gasteiger partial charge is 0.489 e. The number of amides is 2. The molecule has 2 atom stereocenters. The van der Waals surface area contributed by atoms with Crippen molar-refractivity contribution < 1.29 is 33.1 Å². The normalized spacial score (nSPS) is 19.1. The summed E-state index contributed by atoms with van der Waals surface area (Å²) in [5.74, 6) is -1.28. The average Bonchev–Trinajstić information content (AvgIpc) is 3.51. The van der Waals surface area contributed by atoms with E-state index in [4.69, 9.17) is 25.6 Å². The summed E-state index contributed by atoms with van der Waals surface area (Å²) in [6, 6.07) is 9.21. The van der Waals surface area contributed by atoms with Crippen LogP contribution in [-0.2, 0) is 17.9 Å². The molecule has 1 aromatic heterocycles. The number of cyclic esters (lactones) is 1. The molecule has 0 radical (unpaired) electrons. The lowest BCUT2D eigenvalue weighted by Gasteiger charge is -2.32. The van der Waals surface area contributed by atoms with Crippen LogP contribution in [0.5, 0.6) is 5.75 Å². The molecule has 3 aromatic rings. The predicted molar refractivity (Wildman–Crippen MR) is 124 cm³/mol. The quantitative estimate of drug-likeness (QED) is 0.489. The zero-order valence-electron chi connectivity index (χ0n) is 18.9. The van der Waals surface area contributed by atoms with Crippen molar-refractivity contribution >= 4 is 23.6 Å². The van der Waals surface area contributed by atoms with Crippen LogP contribution in [0.2, 0.25) is 5.02 Å². The van der Waals surface area contributed by atoms with Gasteiger partial charge in [-0.3, -0.25) is 4.79 Å². The number of aliphatic hydroxyl groups is 1. The number of carbonyl (C=O) groups is 2. The van der Waals surface area contributed by atoms with Gasteiger partial charge in [0.05, 0.1) is 17.2 Å². The fourth-order valence-electron chi connectivity index (χ4n) is 4.26. The first-order valence-corrected chi connectivity index (χ1v) is 11.7. The van der Waals surface area contributed by atoms with Gasteiger partial charge in [-0.25, -0.2) is 9.18 Å². The second-order valence-electron chi connectivity index (χ2n) is 8.50. The highest BCUT2D eigenvalue weighted by Gasteiger charge is 2.39. The van der Waals surface area contributed by atoms with E-state index < -0.39 is 18.3 Å². The Morgan fingerprint density at radius 2 is 2.11 bits per heavy atom. The molecule has 2 N–H and O–H groups in total. The van der Waals surface area contributed by atoms with Crippen LogP contribution in [0.25, 0.3) is 11.4 Å². The predicted octanol–water partition coefficient (Wildman–Crippen LogP) is 3.31. The minimum Gasteiger partial charge on any atom is -0.489 e. The van der Waals surface area contributed by atoms with Crippen molar-refractivity contribution in [3.8, 4) is 17.1 Å². The van der Waals surface area contributed by atoms with E-state index in [1.165, 1.54) is 6.07 Å². The number of benzene rings is 2. The molecule has 0 saturated carbocycles. The van der Waals surface area contributed by atoms with Gasteiger partial charge in [0.25, 0.3) is 11.8 Å². The Morgan fingerprint density at radius 3 is 2.86 bits per heavy atom. The van der Waals surface area contributed by atoms with E-state index in [1.54, 1.807) is 29.2 Å². The van der Waals surface area contributed by atoms with Gasteiger partial charge in [0.15, 0.2) is 0 Å². The van der Waals surface area contributed by atoms with Gasteiger partial charge in [0, 0.05) is 31.0 Å². The first-order valence-electron chi connectivity index (χ1n) is 11.3. The van der Waals surface area contributed by atoms with Crippen LogP contribution >= 0.6 is 11.6 Å². The molecule has 12 heteroatoms. The molecule has 2 fully saturated rings. The molecular formula is C24H22ClFN4O6. The molecule has 2 aliphatic heterocycles. The Kier molecular flexibility index (Phi) is 6.75. The maximum atomic E-state index is 15.1. The summed E-state index contributed by atoms with van der Waals surface area (Å²) >= 11 is 5.89. The molecule has 3 heterocycles. The van der Waals surface area contributed by atoms with Gasteiger partial charge in [-0.15, -0.1) is 0 Å². The van der Waals surface area contributed by atoms with Gasteiger partial charge in [-0.05, 0) is 29.8 Å². The standard InChI is InChI=1S/C24H22ClFN4O6/c25-14-3-1-13(2-4-14)10-27-23(32)17-9-20(18(8-19(17)26)22-28-21(11-31)36-29-22)35-16-5-6-30-15(7-16)12-34-24(30)33/h1-4,8-9,15-16,31H,5-7,10-12H2,(H,27,32)/t15-,16-/m0/s1. The summed E-state index contributed by atoms with van der Waals surface area (Å²) in [6.45, 7) is 0.422. The zero-order chi connectivity index (χ0) is 25.2. The topological polar surface area (TPSA) is 127 Å². The Labute approximate surface area is 209 Å². The number of piperidine rings is 1. The molecule has 2 aromatic carbocycles. The van der Waals surface area contributed by atoms with Crippen LogP contribution in [0.1, 0.15) is 34.7 Å². The van der Waals surface area contributed by atoms with Crippen molar-refractivity contribution in [3.63, 3.8) is 0 Å². The molecule has 2 aliphatic rings. The van der Waals surface area contributed by atoms with Crippen molar-refractivity contribution in [2.75, 3.05) is 13.2 Å². The second kappa shape index (κ2) is 10.1. The van der Waals surface area contributed by atoms with Gasteiger partial charge >= 0.3 is 6.09 Å². The lowest BCUT2D eigenvalue weighted by molar-refractivity contribution is 0.0915. The number of nitrogens with zero attached hydrogens (tertiary/aromatic N) is 3. The lowest BCUT2D eigenvalue weighted by atomic mass is 10.0. The Morgan fingerprint density at radius 1 is 1.31 bits per heavy atom. The Hall–Kier alpha value is -3.70. The number of ether oxygens (including phenoxy) is 2. The van der Waals surface area contributed by atoms with E-state index in [0.29, 0.717) is 24.4 Å². The fraction of sp³-hybridized carbons (Fsp3) is 0.333. The summed E-state index contributed by atoms with van der Waals surface area (Å²) in [6.07, 6.45) is 0.367. The van der Waals surface area contributed by atoms with Crippen LogP contribution in [0.4, 0.5) is 9.18 Å². The SMILES string of the molecule is O=C(NCc1ccc(Cl)cc1)c1cc(O[C@H]2CCN3C(=O)OC[C@@H]3C2)c(-c2noc(CO)n2)cc1F. The Balaban J connectivity index is 1.40. The number of rotatable bonds is 7. The monoisotopic (exact) mass is 516 g/mol. The number of halogens is 2. The van der Waals surface area contributed by atoms with Crippen LogP contribution in [0.3, 0.4) is 0 Å². The second-order valence-corrected chi connectivity index (χ2v) is 8.93. The highest BCUT2D eigenvalue weighted by molar-refractivity contribution is 6.30. The van der Waals surface area contributed by atoms with Crippen molar-refractivity contribution in [2.45, 2.75) is 38.1 Å². The van der Waals surface area contributed by atoms with Crippen molar-refractivity contribution in [3.05, 3.63) is 64.3 Å². The van der Waals surface area contributed by atoms with Crippen LogP contribution in [0, 0.1) is 5.82 Å². The van der Waals surface area contributed by atoms with E-state index >= 15 is 4.39 Å². The molecule has 10 nitrogen and oxygen atoms in total. The van der Waals surface area contributed by atoms with E-state index in [9.17, 15) is 14.7 Å². The van der Waals surface area contributed by atoms with Crippen molar-refractivity contribution in [2.24, 2.45) is 0 Å². The van der Waals surface area contributed by atoms with Gasteiger partial charge < -0.3 is 29.3 Å². The third-order valence-corrected chi connectivity index (χ3v) is 6.37. The number of aliphatic hydroxyl groups excluding tert-OH is 1. The number of hydrogen-bond acceptors (Lipinski definition) is 8. The molecule has 5 rings (SSSR count). The Bertz CT molecular complexity index is 1280. The van der Waals surface area contributed by atoms with Gasteiger partial charge in [0.2, 0.25) is 5.82 Å². The number of carbonyl (C=O) groups excluding carboxylic acids is 2. The van der Waals surface area contributed by atoms with E-state index in [-0.39, 0.29) is 60.0 Å². The molecule has 0 aliphatic carbocycles. The summed E-state index contributed by atoms with van der Waals surface area (Å²) < 4.78 is 31.4.